The van der Waals surface area contributed by atoms with E-state index in [1.165, 1.54) is 6.07 Å². The van der Waals surface area contributed by atoms with Crippen LogP contribution < -0.4 is 0 Å². The third-order valence-electron chi connectivity index (χ3n) is 2.78. The van der Waals surface area contributed by atoms with E-state index in [0.717, 1.165) is 11.6 Å². The van der Waals surface area contributed by atoms with Crippen LogP contribution in [-0.2, 0) is 4.74 Å². The molecular formula is C13H12F2O. The fraction of sp³-hybridized carbons (Fsp3) is 0.231. The van der Waals surface area contributed by atoms with Crippen LogP contribution in [0.25, 0.3) is 0 Å². The van der Waals surface area contributed by atoms with Crippen LogP contribution in [-0.4, -0.2) is 6.61 Å². The summed E-state index contributed by atoms with van der Waals surface area (Å²) < 4.78 is 31.1. The molecule has 1 aromatic carbocycles. The lowest BCUT2D eigenvalue weighted by molar-refractivity contribution is 0.194. The standard InChI is InChI=1S/C13H12F2O/c1-2-9-5-6-16-8-11(9)10-3-4-12(14)13(15)7-10/h2-7,9,11H,1,8H2. The Morgan fingerprint density at radius 1 is 1.31 bits per heavy atom. The van der Waals surface area contributed by atoms with Crippen LogP contribution in [0.4, 0.5) is 8.78 Å². The Morgan fingerprint density at radius 3 is 2.81 bits per heavy atom. The molecule has 0 saturated carbocycles. The van der Waals surface area contributed by atoms with Crippen molar-refractivity contribution in [2.45, 2.75) is 5.92 Å². The van der Waals surface area contributed by atoms with E-state index in [2.05, 4.69) is 6.58 Å². The van der Waals surface area contributed by atoms with E-state index < -0.39 is 11.6 Å². The zero-order valence-corrected chi connectivity index (χ0v) is 8.70. The van der Waals surface area contributed by atoms with E-state index in [0.29, 0.717) is 6.61 Å². The van der Waals surface area contributed by atoms with Crippen molar-refractivity contribution < 1.29 is 13.5 Å². The van der Waals surface area contributed by atoms with Gasteiger partial charge in [-0.2, -0.15) is 0 Å². The van der Waals surface area contributed by atoms with E-state index in [-0.39, 0.29) is 11.8 Å². The second-order valence-corrected chi connectivity index (χ2v) is 3.75. The minimum atomic E-state index is -0.828. The number of benzene rings is 1. The average Bonchev–Trinajstić information content (AvgIpc) is 2.32. The first kappa shape index (κ1) is 10.9. The van der Waals surface area contributed by atoms with Crippen molar-refractivity contribution in [2.75, 3.05) is 6.61 Å². The molecule has 1 nitrogen and oxygen atoms in total. The maximum atomic E-state index is 13.1. The van der Waals surface area contributed by atoms with Gasteiger partial charge in [-0.25, -0.2) is 8.78 Å². The molecule has 0 N–H and O–H groups in total. The Labute approximate surface area is 93.0 Å². The topological polar surface area (TPSA) is 9.23 Å². The first-order chi connectivity index (χ1) is 7.72. The first-order valence-corrected chi connectivity index (χ1v) is 5.08. The normalized spacial score (nSPS) is 23.9. The van der Waals surface area contributed by atoms with Gasteiger partial charge in [-0.05, 0) is 23.8 Å². The molecule has 0 amide bonds. The predicted octanol–water partition coefficient (Wildman–Crippen LogP) is 3.39. The zero-order chi connectivity index (χ0) is 11.5. The molecule has 1 aliphatic heterocycles. The smallest absolute Gasteiger partial charge is 0.159 e. The van der Waals surface area contributed by atoms with Gasteiger partial charge in [0.25, 0.3) is 0 Å². The molecule has 0 bridgehead atoms. The summed E-state index contributed by atoms with van der Waals surface area (Å²) in [6.07, 6.45) is 5.26. The second kappa shape index (κ2) is 4.47. The summed E-state index contributed by atoms with van der Waals surface area (Å²) in [7, 11) is 0. The molecule has 0 aliphatic carbocycles. The largest absolute Gasteiger partial charge is 0.501 e. The summed E-state index contributed by atoms with van der Waals surface area (Å²) in [5.41, 5.74) is 0.730. The van der Waals surface area contributed by atoms with E-state index in [1.54, 1.807) is 18.4 Å². The molecule has 1 aromatic rings. The molecule has 1 heterocycles. The molecule has 0 saturated heterocycles. The summed E-state index contributed by atoms with van der Waals surface area (Å²) >= 11 is 0. The van der Waals surface area contributed by atoms with Crippen molar-refractivity contribution in [3.8, 4) is 0 Å². The van der Waals surface area contributed by atoms with E-state index >= 15 is 0 Å². The molecule has 3 heteroatoms. The van der Waals surface area contributed by atoms with E-state index in [1.807, 2.05) is 6.08 Å². The monoisotopic (exact) mass is 222 g/mol. The third-order valence-corrected chi connectivity index (χ3v) is 2.78. The quantitative estimate of drug-likeness (QED) is 0.697. The summed E-state index contributed by atoms with van der Waals surface area (Å²) in [5.74, 6) is -1.56. The van der Waals surface area contributed by atoms with E-state index in [4.69, 9.17) is 4.74 Å². The Morgan fingerprint density at radius 2 is 2.12 bits per heavy atom. The fourth-order valence-corrected chi connectivity index (χ4v) is 1.86. The minimum Gasteiger partial charge on any atom is -0.501 e. The molecule has 2 rings (SSSR count). The summed E-state index contributed by atoms with van der Waals surface area (Å²) in [6.45, 7) is 4.18. The van der Waals surface area contributed by atoms with Crippen molar-refractivity contribution in [2.24, 2.45) is 5.92 Å². The van der Waals surface area contributed by atoms with Gasteiger partial charge in [0.15, 0.2) is 11.6 Å². The maximum absolute atomic E-state index is 13.1. The average molecular weight is 222 g/mol. The minimum absolute atomic E-state index is 0.00222. The van der Waals surface area contributed by atoms with Crippen molar-refractivity contribution in [1.29, 1.82) is 0 Å². The summed E-state index contributed by atoms with van der Waals surface area (Å²) in [5, 5.41) is 0. The number of rotatable bonds is 2. The Kier molecular flexibility index (Phi) is 3.04. The highest BCUT2D eigenvalue weighted by Crippen LogP contribution is 2.30. The molecule has 0 fully saturated rings. The number of allylic oxidation sites excluding steroid dienone is 2. The Hall–Kier alpha value is -1.64. The number of hydrogen-bond acceptors (Lipinski definition) is 1. The highest BCUT2D eigenvalue weighted by molar-refractivity contribution is 5.26. The highest BCUT2D eigenvalue weighted by atomic mass is 19.2. The Balaban J connectivity index is 2.32. The molecule has 2 unspecified atom stereocenters. The molecule has 16 heavy (non-hydrogen) atoms. The van der Waals surface area contributed by atoms with Gasteiger partial charge in [0, 0.05) is 11.8 Å². The molecule has 0 aromatic heterocycles. The third kappa shape index (κ3) is 1.98. The number of ether oxygens (including phenoxy) is 1. The van der Waals surface area contributed by atoms with Crippen LogP contribution in [0.1, 0.15) is 11.5 Å². The van der Waals surface area contributed by atoms with Gasteiger partial charge < -0.3 is 4.74 Å². The second-order valence-electron chi connectivity index (χ2n) is 3.75. The molecule has 84 valence electrons. The SMILES string of the molecule is C=CC1C=COCC1c1ccc(F)c(F)c1. The lowest BCUT2D eigenvalue weighted by Crippen LogP contribution is -2.18. The molecule has 0 radical (unpaired) electrons. The van der Waals surface area contributed by atoms with Gasteiger partial charge in [0.2, 0.25) is 0 Å². The van der Waals surface area contributed by atoms with Crippen LogP contribution in [0.5, 0.6) is 0 Å². The lowest BCUT2D eigenvalue weighted by atomic mass is 9.85. The highest BCUT2D eigenvalue weighted by Gasteiger charge is 2.23. The van der Waals surface area contributed by atoms with Crippen molar-refractivity contribution >= 4 is 0 Å². The van der Waals surface area contributed by atoms with Crippen LogP contribution >= 0.6 is 0 Å². The van der Waals surface area contributed by atoms with Crippen LogP contribution in [0.2, 0.25) is 0 Å². The molecule has 0 spiro atoms. The molecular weight excluding hydrogens is 210 g/mol. The van der Waals surface area contributed by atoms with Gasteiger partial charge in [-0.1, -0.05) is 12.1 Å². The number of hydrogen-bond donors (Lipinski definition) is 0. The van der Waals surface area contributed by atoms with Crippen molar-refractivity contribution in [3.05, 3.63) is 60.4 Å². The van der Waals surface area contributed by atoms with Crippen LogP contribution in [0.3, 0.4) is 0 Å². The molecule has 2 atom stereocenters. The van der Waals surface area contributed by atoms with E-state index in [9.17, 15) is 8.78 Å². The maximum Gasteiger partial charge on any atom is 0.159 e. The van der Waals surface area contributed by atoms with Gasteiger partial charge >= 0.3 is 0 Å². The van der Waals surface area contributed by atoms with Gasteiger partial charge in [0.1, 0.15) is 0 Å². The Bertz CT molecular complexity index is 426. The summed E-state index contributed by atoms with van der Waals surface area (Å²) in [4.78, 5) is 0. The fourth-order valence-electron chi connectivity index (χ4n) is 1.86. The predicted molar refractivity (Wildman–Crippen MR) is 57.9 cm³/mol. The zero-order valence-electron chi connectivity index (χ0n) is 8.70. The summed E-state index contributed by atoms with van der Waals surface area (Å²) in [6, 6.07) is 3.95. The molecule has 1 aliphatic rings. The van der Waals surface area contributed by atoms with Crippen LogP contribution in [0.15, 0.2) is 43.2 Å². The van der Waals surface area contributed by atoms with Crippen molar-refractivity contribution in [3.63, 3.8) is 0 Å². The first-order valence-electron chi connectivity index (χ1n) is 5.08. The van der Waals surface area contributed by atoms with Crippen LogP contribution in [0, 0.1) is 17.6 Å². The number of halogens is 2. The lowest BCUT2D eigenvalue weighted by Gasteiger charge is -2.25. The van der Waals surface area contributed by atoms with Gasteiger partial charge in [-0.3, -0.25) is 0 Å². The van der Waals surface area contributed by atoms with Gasteiger partial charge in [-0.15, -0.1) is 6.58 Å². The van der Waals surface area contributed by atoms with Crippen molar-refractivity contribution in [1.82, 2.24) is 0 Å². The van der Waals surface area contributed by atoms with Gasteiger partial charge in [0.05, 0.1) is 12.9 Å².